The number of β-amino-alcohol motifs (C(OH)–C–C–N with tert-alkyl or cyclic N) is 1. The Morgan fingerprint density at radius 1 is 1.72 bits per heavy atom. The quantitative estimate of drug-likeness (QED) is 0.761. The van der Waals surface area contributed by atoms with Crippen LogP contribution in [0.1, 0.15) is 30.9 Å². The van der Waals surface area contributed by atoms with Crippen molar-refractivity contribution in [2.45, 2.75) is 31.9 Å². The number of nitrogens with zero attached hydrogens (tertiary/aromatic N) is 3. The van der Waals surface area contributed by atoms with Gasteiger partial charge in [0.2, 0.25) is 0 Å². The minimum Gasteiger partial charge on any atom is -0.392 e. The van der Waals surface area contributed by atoms with Crippen molar-refractivity contribution < 1.29 is 9.90 Å². The summed E-state index contributed by atoms with van der Waals surface area (Å²) in [5.74, 6) is -0.328. The Labute approximate surface area is 106 Å². The number of rotatable bonds is 4. The van der Waals surface area contributed by atoms with Crippen LogP contribution in [-0.4, -0.2) is 51.2 Å². The first kappa shape index (κ1) is 13.0. The molecule has 2 heterocycles. The Hall–Kier alpha value is -1.40. The minimum absolute atomic E-state index is 0.222. The van der Waals surface area contributed by atoms with Crippen molar-refractivity contribution in [3.05, 3.63) is 18.2 Å². The third-order valence-electron chi connectivity index (χ3n) is 3.32. The van der Waals surface area contributed by atoms with E-state index < -0.39 is 5.91 Å². The van der Waals surface area contributed by atoms with E-state index in [1.165, 1.54) is 0 Å². The van der Waals surface area contributed by atoms with Crippen molar-refractivity contribution in [1.29, 1.82) is 0 Å². The van der Waals surface area contributed by atoms with Gasteiger partial charge in [-0.25, -0.2) is 4.98 Å². The van der Waals surface area contributed by atoms with Gasteiger partial charge in [0, 0.05) is 25.8 Å². The first-order chi connectivity index (χ1) is 8.40. The van der Waals surface area contributed by atoms with Crippen LogP contribution in [0.3, 0.4) is 0 Å². The number of hydrogen-bond acceptors (Lipinski definition) is 4. The summed E-state index contributed by atoms with van der Waals surface area (Å²) in [6.07, 6.45) is 4.86. The van der Waals surface area contributed by atoms with E-state index in [4.69, 9.17) is 5.73 Å². The fourth-order valence-corrected chi connectivity index (χ4v) is 2.48. The molecule has 0 spiro atoms. The van der Waals surface area contributed by atoms with Gasteiger partial charge in [-0.05, 0) is 20.3 Å². The molecule has 1 aromatic heterocycles. The van der Waals surface area contributed by atoms with Crippen LogP contribution in [0.25, 0.3) is 0 Å². The van der Waals surface area contributed by atoms with Crippen molar-refractivity contribution in [2.75, 3.05) is 19.6 Å². The van der Waals surface area contributed by atoms with Gasteiger partial charge < -0.3 is 15.4 Å². The van der Waals surface area contributed by atoms with Crippen molar-refractivity contribution in [1.82, 2.24) is 14.5 Å². The standard InChI is InChI=1S/C12H19N4O2/c1-12(2,8-15-5-3-9(17)7-15)16-6-4-14-11(16)10(13)18/h6,9,17H,3,5,7-8H2,1-2H3,(H2,13,18). The number of aliphatic hydroxyl groups is 1. The van der Waals surface area contributed by atoms with Gasteiger partial charge in [-0.3, -0.25) is 9.69 Å². The molecule has 2 rings (SSSR count). The third kappa shape index (κ3) is 2.54. The molecule has 1 aromatic rings. The van der Waals surface area contributed by atoms with Crippen LogP contribution in [-0.2, 0) is 5.54 Å². The van der Waals surface area contributed by atoms with Gasteiger partial charge in [0.05, 0.1) is 11.6 Å². The highest BCUT2D eigenvalue weighted by atomic mass is 16.3. The van der Waals surface area contributed by atoms with E-state index >= 15 is 0 Å². The van der Waals surface area contributed by atoms with Gasteiger partial charge in [-0.1, -0.05) is 0 Å². The molecule has 1 atom stereocenters. The molecule has 18 heavy (non-hydrogen) atoms. The van der Waals surface area contributed by atoms with E-state index in [2.05, 4.69) is 16.1 Å². The highest BCUT2D eigenvalue weighted by Crippen LogP contribution is 2.21. The highest BCUT2D eigenvalue weighted by molar-refractivity contribution is 5.89. The predicted octanol–water partition coefficient (Wildman–Crippen LogP) is -0.416. The lowest BCUT2D eigenvalue weighted by Crippen LogP contribution is -2.42. The fraction of sp³-hybridized carbons (Fsp3) is 0.667. The monoisotopic (exact) mass is 251 g/mol. The van der Waals surface area contributed by atoms with Gasteiger partial charge in [-0.2, -0.15) is 0 Å². The Morgan fingerprint density at radius 2 is 2.44 bits per heavy atom. The number of imidazole rings is 1. The first-order valence-electron chi connectivity index (χ1n) is 6.06. The summed E-state index contributed by atoms with van der Waals surface area (Å²) in [5, 5.41) is 9.53. The second kappa shape index (κ2) is 4.70. The smallest absolute Gasteiger partial charge is 0.284 e. The average Bonchev–Trinajstić information content (AvgIpc) is 2.86. The molecule has 1 saturated heterocycles. The van der Waals surface area contributed by atoms with Gasteiger partial charge in [0.15, 0.2) is 5.82 Å². The molecule has 6 heteroatoms. The second-order valence-electron chi connectivity index (χ2n) is 5.42. The summed E-state index contributed by atoms with van der Waals surface area (Å²) in [4.78, 5) is 17.3. The van der Waals surface area contributed by atoms with E-state index in [-0.39, 0.29) is 17.5 Å². The molecule has 1 aliphatic rings. The van der Waals surface area contributed by atoms with Crippen LogP contribution in [0.15, 0.2) is 6.20 Å². The summed E-state index contributed by atoms with van der Waals surface area (Å²) in [7, 11) is 0. The molecule has 0 bridgehead atoms. The SMILES string of the molecule is CC(C)(CN1CCC(O)C1)n1c[c]nc1C(N)=O. The van der Waals surface area contributed by atoms with Gasteiger partial charge in [-0.15, -0.1) is 0 Å². The summed E-state index contributed by atoms with van der Waals surface area (Å²) in [5.41, 5.74) is 4.97. The Kier molecular flexibility index (Phi) is 3.41. The zero-order valence-electron chi connectivity index (χ0n) is 10.8. The summed E-state index contributed by atoms with van der Waals surface area (Å²) in [6, 6.07) is 0. The molecule has 0 aliphatic carbocycles. The largest absolute Gasteiger partial charge is 0.392 e. The van der Waals surface area contributed by atoms with Crippen molar-refractivity contribution in [3.63, 3.8) is 0 Å². The van der Waals surface area contributed by atoms with E-state index in [9.17, 15) is 9.90 Å². The lowest BCUT2D eigenvalue weighted by Gasteiger charge is -2.32. The lowest BCUT2D eigenvalue weighted by atomic mass is 10.0. The van der Waals surface area contributed by atoms with Crippen molar-refractivity contribution >= 4 is 5.91 Å². The molecular formula is C12H19N4O2. The fourth-order valence-electron chi connectivity index (χ4n) is 2.48. The van der Waals surface area contributed by atoms with Crippen LogP contribution in [0.2, 0.25) is 0 Å². The maximum Gasteiger partial charge on any atom is 0.284 e. The Balaban J connectivity index is 2.14. The predicted molar refractivity (Wildman–Crippen MR) is 66.0 cm³/mol. The number of nitrogens with two attached hydrogens (primary N) is 1. The molecule has 1 unspecified atom stereocenters. The summed E-state index contributed by atoms with van der Waals surface area (Å²) in [6.45, 7) is 6.30. The molecule has 0 saturated carbocycles. The number of primary amides is 1. The normalized spacial score (nSPS) is 21.4. The molecule has 1 fully saturated rings. The Bertz CT molecular complexity index is 441. The van der Waals surface area contributed by atoms with E-state index in [1.54, 1.807) is 10.8 Å². The van der Waals surface area contributed by atoms with Crippen LogP contribution >= 0.6 is 0 Å². The van der Waals surface area contributed by atoms with E-state index in [1.807, 2.05) is 13.8 Å². The first-order valence-corrected chi connectivity index (χ1v) is 6.06. The number of carbonyl (C=O) groups is 1. The maximum absolute atomic E-state index is 11.3. The lowest BCUT2D eigenvalue weighted by molar-refractivity contribution is 0.0971. The number of amides is 1. The molecular weight excluding hydrogens is 232 g/mol. The summed E-state index contributed by atoms with van der Waals surface area (Å²) >= 11 is 0. The number of aromatic nitrogens is 2. The van der Waals surface area contributed by atoms with Crippen LogP contribution < -0.4 is 5.73 Å². The van der Waals surface area contributed by atoms with Crippen molar-refractivity contribution in [3.8, 4) is 0 Å². The number of aliphatic hydroxyl groups excluding tert-OH is 1. The molecule has 99 valence electrons. The molecule has 1 radical (unpaired) electrons. The minimum atomic E-state index is -0.550. The van der Waals surface area contributed by atoms with Gasteiger partial charge >= 0.3 is 0 Å². The maximum atomic E-state index is 11.3. The Morgan fingerprint density at radius 3 is 3.00 bits per heavy atom. The van der Waals surface area contributed by atoms with Crippen molar-refractivity contribution in [2.24, 2.45) is 5.73 Å². The number of carbonyl (C=O) groups excluding carboxylic acids is 1. The van der Waals surface area contributed by atoms with Crippen LogP contribution in [0.4, 0.5) is 0 Å². The van der Waals surface area contributed by atoms with Gasteiger partial charge in [0.25, 0.3) is 5.91 Å². The van der Waals surface area contributed by atoms with Crippen LogP contribution in [0.5, 0.6) is 0 Å². The number of likely N-dealkylation sites (tertiary alicyclic amines) is 1. The molecule has 1 aliphatic heterocycles. The summed E-state index contributed by atoms with van der Waals surface area (Å²) < 4.78 is 1.75. The molecule has 1 amide bonds. The van der Waals surface area contributed by atoms with Gasteiger partial charge in [0.1, 0.15) is 6.20 Å². The van der Waals surface area contributed by atoms with E-state index in [0.29, 0.717) is 6.54 Å². The zero-order chi connectivity index (χ0) is 13.3. The highest BCUT2D eigenvalue weighted by Gasteiger charge is 2.30. The average molecular weight is 251 g/mol. The molecule has 3 N–H and O–H groups in total. The third-order valence-corrected chi connectivity index (χ3v) is 3.32. The second-order valence-corrected chi connectivity index (χ2v) is 5.42. The van der Waals surface area contributed by atoms with E-state index in [0.717, 1.165) is 19.5 Å². The molecule has 6 nitrogen and oxygen atoms in total. The van der Waals surface area contributed by atoms with Crippen LogP contribution in [0, 0.1) is 6.20 Å². The number of hydrogen-bond donors (Lipinski definition) is 2. The topological polar surface area (TPSA) is 84.4 Å². The molecule has 0 aromatic carbocycles. The zero-order valence-corrected chi connectivity index (χ0v) is 10.8.